The summed E-state index contributed by atoms with van der Waals surface area (Å²) in [7, 11) is 0. The first-order chi connectivity index (χ1) is 9.34. The molecular formula is C17H23N3. The van der Waals surface area contributed by atoms with Crippen LogP contribution in [-0.4, -0.2) is 9.97 Å². The lowest BCUT2D eigenvalue weighted by molar-refractivity contribution is 0.582. The van der Waals surface area contributed by atoms with E-state index in [1.807, 2.05) is 0 Å². The maximum absolute atomic E-state index is 5.61. The van der Waals surface area contributed by atoms with Gasteiger partial charge in [0.25, 0.3) is 0 Å². The zero-order chi connectivity index (χ0) is 14.9. The summed E-state index contributed by atoms with van der Waals surface area (Å²) in [5, 5.41) is 0. The van der Waals surface area contributed by atoms with Crippen LogP contribution in [0.1, 0.15) is 44.4 Å². The summed E-state index contributed by atoms with van der Waals surface area (Å²) in [4.78, 5) is 8.53. The van der Waals surface area contributed by atoms with Crippen LogP contribution in [0.25, 0.3) is 11.3 Å². The highest BCUT2D eigenvalue weighted by molar-refractivity contribution is 5.66. The highest BCUT2D eigenvalue weighted by atomic mass is 14.9. The first-order valence-electron chi connectivity index (χ1n) is 7.05. The minimum Gasteiger partial charge on any atom is -0.382 e. The van der Waals surface area contributed by atoms with Crippen molar-refractivity contribution < 1.29 is 0 Å². The molecule has 0 aliphatic rings. The monoisotopic (exact) mass is 269 g/mol. The number of rotatable bonds is 2. The first-order valence-corrected chi connectivity index (χ1v) is 7.05. The van der Waals surface area contributed by atoms with Crippen LogP contribution < -0.4 is 5.73 Å². The van der Waals surface area contributed by atoms with Gasteiger partial charge in [0.2, 0.25) is 0 Å². The summed E-state index contributed by atoms with van der Waals surface area (Å²) in [5.41, 5.74) is 11.9. The SMILES string of the molecule is CCc1c(C(C)(C)C)ccc(-c2cnc(N)cn2)c1C. The zero-order valence-corrected chi connectivity index (χ0v) is 13.0. The van der Waals surface area contributed by atoms with Crippen molar-refractivity contribution in [2.75, 3.05) is 5.73 Å². The highest BCUT2D eigenvalue weighted by Crippen LogP contribution is 2.33. The Hall–Kier alpha value is -1.90. The van der Waals surface area contributed by atoms with E-state index >= 15 is 0 Å². The van der Waals surface area contributed by atoms with Gasteiger partial charge in [-0.05, 0) is 35.4 Å². The number of aromatic nitrogens is 2. The predicted octanol–water partition coefficient (Wildman–Crippen LogP) is 3.89. The standard InChI is InChI=1S/C17H23N3/c1-6-12-11(2)13(7-8-14(12)17(3,4)5)15-9-20-16(18)10-19-15/h7-10H,6H2,1-5H3,(H2,18,20). The molecule has 106 valence electrons. The van der Waals surface area contributed by atoms with Crippen LogP contribution in [0.5, 0.6) is 0 Å². The smallest absolute Gasteiger partial charge is 0.141 e. The van der Waals surface area contributed by atoms with Crippen LogP contribution in [-0.2, 0) is 11.8 Å². The van der Waals surface area contributed by atoms with Crippen LogP contribution in [0.15, 0.2) is 24.5 Å². The molecule has 1 aromatic heterocycles. The highest BCUT2D eigenvalue weighted by Gasteiger charge is 2.20. The summed E-state index contributed by atoms with van der Waals surface area (Å²) in [6.07, 6.45) is 4.38. The minimum atomic E-state index is 0.154. The van der Waals surface area contributed by atoms with Crippen LogP contribution in [0.3, 0.4) is 0 Å². The summed E-state index contributed by atoms with van der Waals surface area (Å²) < 4.78 is 0. The second-order valence-corrected chi connectivity index (χ2v) is 6.19. The molecular weight excluding hydrogens is 246 g/mol. The summed E-state index contributed by atoms with van der Waals surface area (Å²) in [6, 6.07) is 4.37. The summed E-state index contributed by atoms with van der Waals surface area (Å²) in [6.45, 7) is 11.1. The number of nitrogen functional groups attached to an aromatic ring is 1. The van der Waals surface area contributed by atoms with E-state index in [1.54, 1.807) is 12.4 Å². The molecule has 0 spiro atoms. The second kappa shape index (κ2) is 5.23. The van der Waals surface area contributed by atoms with Crippen LogP contribution in [0, 0.1) is 6.92 Å². The van der Waals surface area contributed by atoms with Crippen molar-refractivity contribution in [3.63, 3.8) is 0 Å². The van der Waals surface area contributed by atoms with E-state index in [-0.39, 0.29) is 5.41 Å². The molecule has 1 aromatic carbocycles. The van der Waals surface area contributed by atoms with Gasteiger partial charge in [0.15, 0.2) is 0 Å². The fourth-order valence-corrected chi connectivity index (χ4v) is 2.67. The van der Waals surface area contributed by atoms with Crippen molar-refractivity contribution in [2.24, 2.45) is 0 Å². The number of nitrogens with two attached hydrogens (primary N) is 1. The Morgan fingerprint density at radius 3 is 2.30 bits per heavy atom. The maximum atomic E-state index is 5.61. The van der Waals surface area contributed by atoms with Crippen molar-refractivity contribution in [2.45, 2.75) is 46.5 Å². The number of benzene rings is 1. The minimum absolute atomic E-state index is 0.154. The molecule has 3 nitrogen and oxygen atoms in total. The number of anilines is 1. The molecule has 0 saturated carbocycles. The molecule has 0 fully saturated rings. The van der Waals surface area contributed by atoms with Crippen LogP contribution >= 0.6 is 0 Å². The van der Waals surface area contributed by atoms with Crippen LogP contribution in [0.4, 0.5) is 5.82 Å². The molecule has 0 aliphatic carbocycles. The third-order valence-electron chi connectivity index (χ3n) is 3.71. The lowest BCUT2D eigenvalue weighted by Gasteiger charge is -2.25. The number of hydrogen-bond donors (Lipinski definition) is 1. The van der Waals surface area contributed by atoms with Crippen molar-refractivity contribution in [1.82, 2.24) is 9.97 Å². The van der Waals surface area contributed by atoms with Gasteiger partial charge in [0.1, 0.15) is 5.82 Å². The van der Waals surface area contributed by atoms with Gasteiger partial charge in [-0.3, -0.25) is 4.98 Å². The number of hydrogen-bond acceptors (Lipinski definition) is 3. The lowest BCUT2D eigenvalue weighted by Crippen LogP contribution is -2.15. The Labute approximate surface area is 121 Å². The van der Waals surface area contributed by atoms with E-state index in [0.717, 1.165) is 17.7 Å². The molecule has 0 amide bonds. The van der Waals surface area contributed by atoms with Gasteiger partial charge in [0.05, 0.1) is 18.1 Å². The van der Waals surface area contributed by atoms with E-state index in [4.69, 9.17) is 5.73 Å². The quantitative estimate of drug-likeness (QED) is 0.899. The third kappa shape index (κ3) is 2.67. The molecule has 0 aliphatic heterocycles. The van der Waals surface area contributed by atoms with Crippen molar-refractivity contribution in [3.8, 4) is 11.3 Å². The summed E-state index contributed by atoms with van der Waals surface area (Å²) in [5.74, 6) is 0.452. The average Bonchev–Trinajstić information content (AvgIpc) is 2.38. The summed E-state index contributed by atoms with van der Waals surface area (Å²) >= 11 is 0. The van der Waals surface area contributed by atoms with Gasteiger partial charge in [-0.2, -0.15) is 0 Å². The van der Waals surface area contributed by atoms with Gasteiger partial charge in [-0.15, -0.1) is 0 Å². The lowest BCUT2D eigenvalue weighted by atomic mass is 9.80. The van der Waals surface area contributed by atoms with E-state index in [9.17, 15) is 0 Å². The number of nitrogens with zero attached hydrogens (tertiary/aromatic N) is 2. The Morgan fingerprint density at radius 2 is 1.80 bits per heavy atom. The molecule has 0 atom stereocenters. The molecule has 2 N–H and O–H groups in total. The molecule has 20 heavy (non-hydrogen) atoms. The van der Waals surface area contributed by atoms with Crippen LogP contribution in [0.2, 0.25) is 0 Å². The van der Waals surface area contributed by atoms with Gasteiger partial charge in [-0.1, -0.05) is 39.8 Å². The average molecular weight is 269 g/mol. The van der Waals surface area contributed by atoms with Crippen molar-refractivity contribution >= 4 is 5.82 Å². The Bertz CT molecular complexity index is 607. The predicted molar refractivity (Wildman–Crippen MR) is 84.7 cm³/mol. The van der Waals surface area contributed by atoms with Crippen molar-refractivity contribution in [3.05, 3.63) is 41.2 Å². The Balaban J connectivity index is 2.60. The first kappa shape index (κ1) is 14.5. The van der Waals surface area contributed by atoms with Gasteiger partial charge < -0.3 is 5.73 Å². The molecule has 2 rings (SSSR count). The largest absolute Gasteiger partial charge is 0.382 e. The third-order valence-corrected chi connectivity index (χ3v) is 3.71. The van der Waals surface area contributed by atoms with Crippen molar-refractivity contribution in [1.29, 1.82) is 0 Å². The maximum Gasteiger partial charge on any atom is 0.141 e. The fourth-order valence-electron chi connectivity index (χ4n) is 2.67. The molecule has 0 unspecified atom stereocenters. The van der Waals surface area contributed by atoms with Gasteiger partial charge in [-0.25, -0.2) is 4.98 Å². The van der Waals surface area contributed by atoms with E-state index < -0.39 is 0 Å². The molecule has 0 saturated heterocycles. The zero-order valence-electron chi connectivity index (χ0n) is 13.0. The molecule has 3 heteroatoms. The topological polar surface area (TPSA) is 51.8 Å². The normalized spacial score (nSPS) is 11.7. The molecule has 2 aromatic rings. The second-order valence-electron chi connectivity index (χ2n) is 6.19. The van der Waals surface area contributed by atoms with E-state index in [1.165, 1.54) is 16.7 Å². The Kier molecular flexibility index (Phi) is 3.80. The van der Waals surface area contributed by atoms with Gasteiger partial charge in [0, 0.05) is 5.56 Å². The molecule has 0 radical (unpaired) electrons. The van der Waals surface area contributed by atoms with E-state index in [2.05, 4.69) is 56.7 Å². The Morgan fingerprint density at radius 1 is 1.10 bits per heavy atom. The van der Waals surface area contributed by atoms with Gasteiger partial charge >= 0.3 is 0 Å². The van der Waals surface area contributed by atoms with E-state index in [0.29, 0.717) is 5.82 Å². The molecule has 1 heterocycles. The fraction of sp³-hybridized carbons (Fsp3) is 0.412. The molecule has 0 bridgehead atoms.